The average molecular weight is 218 g/mol. The summed E-state index contributed by atoms with van der Waals surface area (Å²) in [5, 5.41) is -0.0637. The summed E-state index contributed by atoms with van der Waals surface area (Å²) in [6.07, 6.45) is 6.78. The molecule has 2 nitrogen and oxygen atoms in total. The third-order valence-corrected chi connectivity index (χ3v) is 5.36. The first-order valence-corrected chi connectivity index (χ1v) is 7.61. The third kappa shape index (κ3) is 2.72. The molecule has 0 radical (unpaired) electrons. The molecule has 1 aliphatic rings. The lowest BCUT2D eigenvalue weighted by atomic mass is 9.79. The molecular weight excluding hydrogens is 196 g/mol. The molecule has 1 saturated carbocycles. The zero-order valence-corrected chi connectivity index (χ0v) is 10.3. The molecule has 0 spiro atoms. The van der Waals surface area contributed by atoms with E-state index in [9.17, 15) is 8.42 Å². The summed E-state index contributed by atoms with van der Waals surface area (Å²) >= 11 is 0. The Morgan fingerprint density at radius 1 is 1.29 bits per heavy atom. The largest absolute Gasteiger partial charge is 0.229 e. The van der Waals surface area contributed by atoms with Crippen LogP contribution in [0.5, 0.6) is 0 Å². The minimum Gasteiger partial charge on any atom is -0.229 e. The van der Waals surface area contributed by atoms with E-state index < -0.39 is 9.84 Å². The second-order valence-electron chi connectivity index (χ2n) is 4.70. The van der Waals surface area contributed by atoms with Crippen LogP contribution < -0.4 is 0 Å². The monoisotopic (exact) mass is 218 g/mol. The van der Waals surface area contributed by atoms with Gasteiger partial charge in [-0.3, -0.25) is 0 Å². The van der Waals surface area contributed by atoms with E-state index in [1.54, 1.807) is 0 Å². The molecule has 1 fully saturated rings. The topological polar surface area (TPSA) is 34.1 Å². The lowest BCUT2D eigenvalue weighted by Gasteiger charge is -2.34. The van der Waals surface area contributed by atoms with Gasteiger partial charge in [0.05, 0.1) is 5.25 Å². The Labute approximate surface area is 88.0 Å². The fourth-order valence-corrected chi connectivity index (χ4v) is 4.24. The molecule has 0 N–H and O–H groups in total. The van der Waals surface area contributed by atoms with E-state index in [1.165, 1.54) is 12.7 Å². The van der Waals surface area contributed by atoms with Crippen LogP contribution in [0.15, 0.2) is 0 Å². The van der Waals surface area contributed by atoms with Crippen molar-refractivity contribution < 1.29 is 8.42 Å². The van der Waals surface area contributed by atoms with Crippen molar-refractivity contribution in [1.82, 2.24) is 0 Å². The molecule has 0 saturated heterocycles. The maximum atomic E-state index is 11.6. The van der Waals surface area contributed by atoms with Crippen LogP contribution in [0, 0.1) is 11.8 Å². The van der Waals surface area contributed by atoms with Crippen LogP contribution in [-0.4, -0.2) is 19.9 Å². The second kappa shape index (κ2) is 4.65. The van der Waals surface area contributed by atoms with E-state index in [4.69, 9.17) is 0 Å². The maximum absolute atomic E-state index is 11.6. The summed E-state index contributed by atoms with van der Waals surface area (Å²) < 4.78 is 23.2. The minimum atomic E-state index is -2.83. The highest BCUT2D eigenvalue weighted by atomic mass is 32.2. The maximum Gasteiger partial charge on any atom is 0.150 e. The molecule has 0 aliphatic heterocycles. The minimum absolute atomic E-state index is 0.0637. The van der Waals surface area contributed by atoms with Crippen LogP contribution in [0.3, 0.4) is 0 Å². The fraction of sp³-hybridized carbons (Fsp3) is 1.00. The molecular formula is C11H22O2S. The van der Waals surface area contributed by atoms with E-state index in [1.807, 2.05) is 0 Å². The first kappa shape index (κ1) is 12.0. The van der Waals surface area contributed by atoms with Crippen molar-refractivity contribution in [1.29, 1.82) is 0 Å². The molecule has 0 aromatic carbocycles. The molecule has 0 bridgehead atoms. The molecule has 3 atom stereocenters. The first-order chi connectivity index (χ1) is 6.46. The standard InChI is InChI=1S/C11H22O2S/c1-4-9(2)10-7-5-6-8-11(10)14(3,12)13/h9-11H,4-8H2,1-3H3. The summed E-state index contributed by atoms with van der Waals surface area (Å²) in [6.45, 7) is 4.34. The highest BCUT2D eigenvalue weighted by Gasteiger charge is 2.34. The van der Waals surface area contributed by atoms with Crippen molar-refractivity contribution in [2.75, 3.05) is 6.26 Å². The summed E-state index contributed by atoms with van der Waals surface area (Å²) in [6, 6.07) is 0. The van der Waals surface area contributed by atoms with E-state index in [-0.39, 0.29) is 5.25 Å². The average Bonchev–Trinajstić information content (AvgIpc) is 2.15. The SMILES string of the molecule is CCC(C)C1CCCCC1S(C)(=O)=O. The van der Waals surface area contributed by atoms with Crippen molar-refractivity contribution in [2.24, 2.45) is 11.8 Å². The van der Waals surface area contributed by atoms with Gasteiger partial charge >= 0.3 is 0 Å². The molecule has 3 heteroatoms. The van der Waals surface area contributed by atoms with Crippen LogP contribution in [0.1, 0.15) is 46.0 Å². The van der Waals surface area contributed by atoms with Crippen molar-refractivity contribution in [3.05, 3.63) is 0 Å². The van der Waals surface area contributed by atoms with Crippen LogP contribution in [-0.2, 0) is 9.84 Å². The summed E-state index contributed by atoms with van der Waals surface area (Å²) in [5.41, 5.74) is 0. The van der Waals surface area contributed by atoms with Gasteiger partial charge in [-0.2, -0.15) is 0 Å². The summed E-state index contributed by atoms with van der Waals surface area (Å²) in [4.78, 5) is 0. The first-order valence-electron chi connectivity index (χ1n) is 5.65. The van der Waals surface area contributed by atoms with Crippen molar-refractivity contribution in [3.8, 4) is 0 Å². The summed E-state index contributed by atoms with van der Waals surface area (Å²) in [5.74, 6) is 0.957. The predicted octanol–water partition coefficient (Wildman–Crippen LogP) is 2.64. The van der Waals surface area contributed by atoms with Gasteiger partial charge in [0.25, 0.3) is 0 Å². The van der Waals surface area contributed by atoms with Gasteiger partial charge in [-0.05, 0) is 24.7 Å². The molecule has 0 heterocycles. The quantitative estimate of drug-likeness (QED) is 0.730. The van der Waals surface area contributed by atoms with E-state index in [2.05, 4.69) is 13.8 Å². The van der Waals surface area contributed by atoms with Crippen LogP contribution >= 0.6 is 0 Å². The Hall–Kier alpha value is -0.0500. The number of hydrogen-bond donors (Lipinski definition) is 0. The summed E-state index contributed by atoms with van der Waals surface area (Å²) in [7, 11) is -2.83. The van der Waals surface area contributed by atoms with E-state index >= 15 is 0 Å². The molecule has 84 valence electrons. The van der Waals surface area contributed by atoms with Gasteiger partial charge in [-0.15, -0.1) is 0 Å². The van der Waals surface area contributed by atoms with Crippen molar-refractivity contribution in [3.63, 3.8) is 0 Å². The molecule has 14 heavy (non-hydrogen) atoms. The van der Waals surface area contributed by atoms with E-state index in [0.717, 1.165) is 25.7 Å². The predicted molar refractivity (Wildman–Crippen MR) is 60.0 cm³/mol. The fourth-order valence-electron chi connectivity index (χ4n) is 2.61. The zero-order valence-electron chi connectivity index (χ0n) is 9.49. The van der Waals surface area contributed by atoms with E-state index in [0.29, 0.717) is 11.8 Å². The Kier molecular flexibility index (Phi) is 3.99. The van der Waals surface area contributed by atoms with Crippen molar-refractivity contribution >= 4 is 9.84 Å². The van der Waals surface area contributed by atoms with Gasteiger partial charge in [0, 0.05) is 6.26 Å². The molecule has 1 aliphatic carbocycles. The Bertz CT molecular complexity index is 269. The Morgan fingerprint density at radius 3 is 2.36 bits per heavy atom. The molecule has 1 rings (SSSR count). The Morgan fingerprint density at radius 2 is 1.86 bits per heavy atom. The third-order valence-electron chi connectivity index (χ3n) is 3.68. The molecule has 3 unspecified atom stereocenters. The van der Waals surface area contributed by atoms with Gasteiger partial charge in [0.15, 0.2) is 9.84 Å². The highest BCUT2D eigenvalue weighted by Crippen LogP contribution is 2.35. The van der Waals surface area contributed by atoms with Gasteiger partial charge < -0.3 is 0 Å². The van der Waals surface area contributed by atoms with Gasteiger partial charge in [-0.25, -0.2) is 8.42 Å². The smallest absolute Gasteiger partial charge is 0.150 e. The van der Waals surface area contributed by atoms with Crippen LogP contribution in [0.2, 0.25) is 0 Å². The highest BCUT2D eigenvalue weighted by molar-refractivity contribution is 7.91. The number of sulfone groups is 1. The van der Waals surface area contributed by atoms with Gasteiger partial charge in [0.2, 0.25) is 0 Å². The zero-order chi connectivity index (χ0) is 10.8. The molecule has 0 amide bonds. The number of hydrogen-bond acceptors (Lipinski definition) is 2. The molecule has 0 aromatic rings. The molecule has 0 aromatic heterocycles. The lowest BCUT2D eigenvalue weighted by Crippen LogP contribution is -2.35. The van der Waals surface area contributed by atoms with Gasteiger partial charge in [0.1, 0.15) is 0 Å². The van der Waals surface area contributed by atoms with Gasteiger partial charge in [-0.1, -0.05) is 33.1 Å². The van der Waals surface area contributed by atoms with Crippen LogP contribution in [0.4, 0.5) is 0 Å². The second-order valence-corrected chi connectivity index (χ2v) is 6.97. The lowest BCUT2D eigenvalue weighted by molar-refractivity contribution is 0.260. The number of rotatable bonds is 3. The normalized spacial score (nSPS) is 31.4. The Balaban J connectivity index is 2.79. The van der Waals surface area contributed by atoms with Crippen molar-refractivity contribution in [2.45, 2.75) is 51.2 Å². The van der Waals surface area contributed by atoms with Crippen LogP contribution in [0.25, 0.3) is 0 Å².